The van der Waals surface area contributed by atoms with Gasteiger partial charge < -0.3 is 15.7 Å². The topological polar surface area (TPSA) is 87.4 Å². The fraction of sp³-hybridized carbons (Fsp3) is 0.364. The molecule has 0 aliphatic rings. The molecule has 0 amide bonds. The molecule has 0 spiro atoms. The number of phenolic OH excluding ortho intramolecular Hbond substituents is 1. The van der Waals surface area contributed by atoms with E-state index in [-0.39, 0.29) is 11.4 Å². The number of rotatable bonds is 5. The molecule has 0 atom stereocenters. The van der Waals surface area contributed by atoms with E-state index in [1.54, 1.807) is 0 Å². The number of unbranched alkanes of at least 4 members (excludes halogenated alkanes) is 1. The third-order valence-electron chi connectivity index (χ3n) is 2.25. The minimum atomic E-state index is -0.645. The van der Waals surface area contributed by atoms with Crippen LogP contribution in [0.25, 0.3) is 0 Å². The summed E-state index contributed by atoms with van der Waals surface area (Å²) in [6.07, 6.45) is 2.05. The van der Waals surface area contributed by atoms with Crippen molar-refractivity contribution in [1.82, 2.24) is 5.32 Å². The molecule has 0 saturated carbocycles. The Labute approximate surface area is 110 Å². The summed E-state index contributed by atoms with van der Waals surface area (Å²) in [7, 11) is 0. The highest BCUT2D eigenvalue weighted by Crippen LogP contribution is 2.28. The molecule has 18 heavy (non-hydrogen) atoms. The van der Waals surface area contributed by atoms with E-state index in [4.69, 9.17) is 12.2 Å². The standard InChI is InChI=1S/C11H15N3O3S/c1-2-3-6-12-11(18)13-8-4-5-10(15)9(7-8)14(16)17/h4-5,7,15H,2-3,6H2,1H3,(H2,12,13,18). The van der Waals surface area contributed by atoms with Crippen LogP contribution in [0.4, 0.5) is 11.4 Å². The Morgan fingerprint density at radius 1 is 1.56 bits per heavy atom. The summed E-state index contributed by atoms with van der Waals surface area (Å²) in [6.45, 7) is 2.82. The first-order valence-electron chi connectivity index (χ1n) is 5.57. The Bertz CT molecular complexity index is 451. The molecular formula is C11H15N3O3S. The van der Waals surface area contributed by atoms with Crippen molar-refractivity contribution in [3.63, 3.8) is 0 Å². The minimum Gasteiger partial charge on any atom is -0.502 e. The number of nitrogens with zero attached hydrogens (tertiary/aromatic N) is 1. The van der Waals surface area contributed by atoms with Crippen LogP contribution in [0.15, 0.2) is 18.2 Å². The maximum Gasteiger partial charge on any atom is 0.312 e. The number of thiocarbonyl (C=S) groups is 1. The van der Waals surface area contributed by atoms with Gasteiger partial charge >= 0.3 is 5.69 Å². The molecule has 1 aromatic carbocycles. The number of phenols is 1. The largest absolute Gasteiger partial charge is 0.502 e. The van der Waals surface area contributed by atoms with E-state index in [9.17, 15) is 15.2 Å². The van der Waals surface area contributed by atoms with E-state index in [0.29, 0.717) is 10.8 Å². The molecule has 1 rings (SSSR count). The van der Waals surface area contributed by atoms with Crippen LogP contribution in [0.1, 0.15) is 19.8 Å². The number of anilines is 1. The molecule has 0 aliphatic carbocycles. The van der Waals surface area contributed by atoms with Crippen molar-refractivity contribution < 1.29 is 10.0 Å². The van der Waals surface area contributed by atoms with Crippen LogP contribution in [-0.4, -0.2) is 21.7 Å². The lowest BCUT2D eigenvalue weighted by Gasteiger charge is -2.10. The van der Waals surface area contributed by atoms with E-state index in [1.165, 1.54) is 18.2 Å². The van der Waals surface area contributed by atoms with Gasteiger partial charge in [-0.25, -0.2) is 0 Å². The van der Waals surface area contributed by atoms with Crippen LogP contribution in [-0.2, 0) is 0 Å². The normalized spacial score (nSPS) is 9.83. The second-order valence-electron chi connectivity index (χ2n) is 3.70. The molecule has 0 heterocycles. The Kier molecular flexibility index (Phi) is 5.31. The first-order chi connectivity index (χ1) is 8.54. The molecule has 98 valence electrons. The van der Waals surface area contributed by atoms with E-state index in [2.05, 4.69) is 17.6 Å². The van der Waals surface area contributed by atoms with Crippen LogP contribution >= 0.6 is 12.2 Å². The summed E-state index contributed by atoms with van der Waals surface area (Å²) in [5.74, 6) is -0.365. The maximum atomic E-state index is 10.6. The first-order valence-corrected chi connectivity index (χ1v) is 5.97. The molecule has 1 aromatic rings. The number of nitro groups is 1. The molecule has 3 N–H and O–H groups in total. The summed E-state index contributed by atoms with van der Waals surface area (Å²) < 4.78 is 0. The van der Waals surface area contributed by atoms with Gasteiger partial charge in [0.2, 0.25) is 0 Å². The molecule has 0 aliphatic heterocycles. The minimum absolute atomic E-state index is 0.351. The predicted octanol–water partition coefficient (Wildman–Crippen LogP) is 2.39. The number of aromatic hydroxyl groups is 1. The number of hydrogen-bond acceptors (Lipinski definition) is 4. The van der Waals surface area contributed by atoms with Crippen molar-refractivity contribution >= 4 is 28.7 Å². The molecule has 0 unspecified atom stereocenters. The Hall–Kier alpha value is -1.89. The van der Waals surface area contributed by atoms with E-state index >= 15 is 0 Å². The quantitative estimate of drug-likeness (QED) is 0.250. The van der Waals surface area contributed by atoms with Gasteiger partial charge in [-0.2, -0.15) is 0 Å². The van der Waals surface area contributed by atoms with Gasteiger partial charge in [0.25, 0.3) is 0 Å². The lowest BCUT2D eigenvalue weighted by molar-refractivity contribution is -0.385. The van der Waals surface area contributed by atoms with Crippen LogP contribution in [0.3, 0.4) is 0 Å². The summed E-state index contributed by atoms with van der Waals surface area (Å²) in [6, 6.07) is 4.02. The van der Waals surface area contributed by atoms with Crippen molar-refractivity contribution in [3.8, 4) is 5.75 Å². The van der Waals surface area contributed by atoms with E-state index in [1.807, 2.05) is 0 Å². The van der Waals surface area contributed by atoms with Crippen LogP contribution < -0.4 is 10.6 Å². The highest BCUT2D eigenvalue weighted by molar-refractivity contribution is 7.80. The van der Waals surface area contributed by atoms with Crippen molar-refractivity contribution in [2.45, 2.75) is 19.8 Å². The second-order valence-corrected chi connectivity index (χ2v) is 4.10. The third kappa shape index (κ3) is 4.17. The second kappa shape index (κ2) is 6.75. The Morgan fingerprint density at radius 3 is 2.89 bits per heavy atom. The summed E-state index contributed by atoms with van der Waals surface area (Å²) in [4.78, 5) is 10.00. The van der Waals surface area contributed by atoms with Crippen molar-refractivity contribution in [3.05, 3.63) is 28.3 Å². The smallest absolute Gasteiger partial charge is 0.312 e. The lowest BCUT2D eigenvalue weighted by atomic mass is 10.2. The van der Waals surface area contributed by atoms with Crippen molar-refractivity contribution in [1.29, 1.82) is 0 Å². The monoisotopic (exact) mass is 269 g/mol. The van der Waals surface area contributed by atoms with Crippen LogP contribution in [0, 0.1) is 10.1 Å². The van der Waals surface area contributed by atoms with Gasteiger partial charge in [-0.1, -0.05) is 13.3 Å². The van der Waals surface area contributed by atoms with Gasteiger partial charge in [-0.05, 0) is 30.8 Å². The van der Waals surface area contributed by atoms with Gasteiger partial charge in [-0.3, -0.25) is 10.1 Å². The predicted molar refractivity (Wildman–Crippen MR) is 73.9 cm³/mol. The number of nitro benzene ring substituents is 1. The highest BCUT2D eigenvalue weighted by atomic mass is 32.1. The molecule has 0 saturated heterocycles. The summed E-state index contributed by atoms with van der Waals surface area (Å²) in [5.41, 5.74) is 0.116. The average molecular weight is 269 g/mol. The van der Waals surface area contributed by atoms with Gasteiger partial charge in [0.1, 0.15) is 0 Å². The first kappa shape index (κ1) is 14.2. The van der Waals surface area contributed by atoms with Gasteiger partial charge in [0, 0.05) is 18.3 Å². The molecule has 0 fully saturated rings. The molecule has 0 aromatic heterocycles. The fourth-order valence-electron chi connectivity index (χ4n) is 1.30. The molecular weight excluding hydrogens is 254 g/mol. The van der Waals surface area contributed by atoms with E-state index < -0.39 is 4.92 Å². The zero-order chi connectivity index (χ0) is 13.5. The SMILES string of the molecule is CCCCNC(=S)Nc1ccc(O)c([N+](=O)[O-])c1. The zero-order valence-electron chi connectivity index (χ0n) is 9.97. The number of nitrogens with one attached hydrogen (secondary N) is 2. The van der Waals surface area contributed by atoms with Gasteiger partial charge in [0.05, 0.1) is 4.92 Å². The average Bonchev–Trinajstić information content (AvgIpc) is 2.31. The van der Waals surface area contributed by atoms with Crippen molar-refractivity contribution in [2.24, 2.45) is 0 Å². The Morgan fingerprint density at radius 2 is 2.28 bits per heavy atom. The number of benzene rings is 1. The molecule has 6 nitrogen and oxygen atoms in total. The van der Waals surface area contributed by atoms with E-state index in [0.717, 1.165) is 19.4 Å². The number of hydrogen-bond donors (Lipinski definition) is 3. The third-order valence-corrected chi connectivity index (χ3v) is 2.49. The van der Waals surface area contributed by atoms with Gasteiger partial charge in [-0.15, -0.1) is 0 Å². The fourth-order valence-corrected chi connectivity index (χ4v) is 1.52. The maximum absolute atomic E-state index is 10.6. The lowest BCUT2D eigenvalue weighted by Crippen LogP contribution is -2.29. The highest BCUT2D eigenvalue weighted by Gasteiger charge is 2.13. The summed E-state index contributed by atoms with van der Waals surface area (Å²) in [5, 5.41) is 26.2. The summed E-state index contributed by atoms with van der Waals surface area (Å²) >= 11 is 5.04. The van der Waals surface area contributed by atoms with Crippen molar-refractivity contribution in [2.75, 3.05) is 11.9 Å². The van der Waals surface area contributed by atoms with Crippen LogP contribution in [0.2, 0.25) is 0 Å². The van der Waals surface area contributed by atoms with Crippen LogP contribution in [0.5, 0.6) is 5.75 Å². The molecule has 0 bridgehead atoms. The van der Waals surface area contributed by atoms with Gasteiger partial charge in [0.15, 0.2) is 10.9 Å². The molecule has 7 heteroatoms. The molecule has 0 radical (unpaired) electrons. The Balaban J connectivity index is 2.65. The zero-order valence-corrected chi connectivity index (χ0v) is 10.8.